The molecule has 1 rings (SSSR count). The van der Waals surface area contributed by atoms with Gasteiger partial charge in [0.15, 0.2) is 0 Å². The van der Waals surface area contributed by atoms with Crippen LogP contribution in [-0.4, -0.2) is 20.8 Å². The monoisotopic (exact) mass is 315 g/mol. The molecule has 1 aromatic heterocycles. The molecule has 1 aromatic rings. The van der Waals surface area contributed by atoms with Crippen molar-refractivity contribution in [1.29, 1.82) is 0 Å². The van der Waals surface area contributed by atoms with Crippen molar-refractivity contribution in [1.82, 2.24) is 0 Å². The Kier molecular flexibility index (Phi) is 4.30. The molecule has 0 saturated heterocycles. The van der Waals surface area contributed by atoms with E-state index in [9.17, 15) is 9.59 Å². The Bertz CT molecular complexity index is 479. The Labute approximate surface area is 116 Å². The van der Waals surface area contributed by atoms with Gasteiger partial charge in [0.05, 0.1) is 5.56 Å². The third kappa shape index (κ3) is 3.25. The number of carbonyl (C=O) groups is 2. The van der Waals surface area contributed by atoms with Gasteiger partial charge in [0, 0.05) is 4.88 Å². The minimum absolute atomic E-state index is 0.0232. The third-order valence-corrected chi connectivity index (χ3v) is 3.72. The number of thiophene rings is 1. The van der Waals surface area contributed by atoms with Crippen molar-refractivity contribution >= 4 is 63.0 Å². The first kappa shape index (κ1) is 14.6. The first-order valence-corrected chi connectivity index (χ1v) is 6.31. The Morgan fingerprint density at radius 3 is 2.24 bits per heavy atom. The van der Waals surface area contributed by atoms with Gasteiger partial charge in [0.2, 0.25) is 0 Å². The van der Waals surface area contributed by atoms with Gasteiger partial charge >= 0.3 is 5.97 Å². The molecule has 0 atom stereocenters. The lowest BCUT2D eigenvalue weighted by atomic mass is 10.1. The summed E-state index contributed by atoms with van der Waals surface area (Å²) in [5, 5.41) is 11.5. The second kappa shape index (κ2) is 5.02. The van der Waals surface area contributed by atoms with E-state index in [1.807, 2.05) is 0 Å². The zero-order valence-corrected chi connectivity index (χ0v) is 11.9. The molecule has 17 heavy (non-hydrogen) atoms. The fourth-order valence-electron chi connectivity index (χ4n) is 1.15. The normalized spacial score (nSPS) is 11.4. The van der Waals surface area contributed by atoms with Crippen molar-refractivity contribution in [2.24, 2.45) is 0 Å². The zero-order valence-electron chi connectivity index (χ0n) is 8.81. The Balaban J connectivity index is 3.12. The van der Waals surface area contributed by atoms with Crippen molar-refractivity contribution in [3.8, 4) is 0 Å². The summed E-state index contributed by atoms with van der Waals surface area (Å²) in [6.07, 6.45) is 0. The van der Waals surface area contributed by atoms with Crippen LogP contribution in [0.4, 0.5) is 5.00 Å². The second-order valence-electron chi connectivity index (χ2n) is 3.24. The molecule has 0 saturated carbocycles. The molecule has 0 aliphatic heterocycles. The van der Waals surface area contributed by atoms with Gasteiger partial charge < -0.3 is 10.4 Å². The summed E-state index contributed by atoms with van der Waals surface area (Å²) < 4.78 is -2.12. The number of alkyl halides is 3. The highest BCUT2D eigenvalue weighted by atomic mass is 35.6. The molecule has 0 spiro atoms. The predicted molar refractivity (Wildman–Crippen MR) is 69.7 cm³/mol. The molecular weight excluding hydrogens is 309 g/mol. The molecule has 1 amide bonds. The van der Waals surface area contributed by atoms with Crippen LogP contribution in [0.15, 0.2) is 0 Å². The molecule has 0 aromatic carbocycles. The van der Waals surface area contributed by atoms with E-state index in [2.05, 4.69) is 5.32 Å². The van der Waals surface area contributed by atoms with Crippen molar-refractivity contribution < 1.29 is 14.7 Å². The average Bonchev–Trinajstić information content (AvgIpc) is 2.40. The highest BCUT2D eigenvalue weighted by Gasteiger charge is 2.32. The Hall–Kier alpha value is -0.490. The van der Waals surface area contributed by atoms with Gasteiger partial charge in [-0.2, -0.15) is 0 Å². The first-order chi connectivity index (χ1) is 7.64. The molecule has 0 unspecified atom stereocenters. The van der Waals surface area contributed by atoms with Crippen LogP contribution < -0.4 is 5.32 Å². The number of aryl methyl sites for hydroxylation is 1. The van der Waals surface area contributed by atoms with E-state index >= 15 is 0 Å². The molecule has 0 radical (unpaired) electrons. The van der Waals surface area contributed by atoms with Gasteiger partial charge in [0.1, 0.15) is 5.00 Å². The van der Waals surface area contributed by atoms with Gasteiger partial charge in [-0.25, -0.2) is 4.79 Å². The third-order valence-electron chi connectivity index (χ3n) is 2.08. The van der Waals surface area contributed by atoms with Crippen LogP contribution in [0.3, 0.4) is 0 Å². The van der Waals surface area contributed by atoms with E-state index in [0.717, 1.165) is 16.2 Å². The summed E-state index contributed by atoms with van der Waals surface area (Å²) in [4.78, 5) is 23.3. The highest BCUT2D eigenvalue weighted by Crippen LogP contribution is 2.35. The molecule has 0 bridgehead atoms. The lowest BCUT2D eigenvalue weighted by molar-refractivity contribution is -0.115. The smallest absolute Gasteiger partial charge is 0.338 e. The fraction of sp³-hybridized carbons (Fsp3) is 0.333. The molecule has 0 aliphatic rings. The lowest BCUT2D eigenvalue weighted by Gasteiger charge is -2.10. The van der Waals surface area contributed by atoms with Crippen LogP contribution in [-0.2, 0) is 4.79 Å². The number of hydrogen-bond acceptors (Lipinski definition) is 3. The van der Waals surface area contributed by atoms with Crippen LogP contribution in [0.25, 0.3) is 0 Å². The maximum absolute atomic E-state index is 11.4. The minimum Gasteiger partial charge on any atom is -0.478 e. The van der Waals surface area contributed by atoms with Crippen LogP contribution in [0.2, 0.25) is 0 Å². The van der Waals surface area contributed by atoms with Crippen molar-refractivity contribution in [3.63, 3.8) is 0 Å². The number of rotatable bonds is 2. The number of carboxylic acid groups (broad SMARTS) is 1. The quantitative estimate of drug-likeness (QED) is 0.822. The molecule has 1 heterocycles. The average molecular weight is 317 g/mol. The number of aromatic carboxylic acids is 1. The molecule has 0 aliphatic carbocycles. The van der Waals surface area contributed by atoms with Gasteiger partial charge in [-0.05, 0) is 19.4 Å². The van der Waals surface area contributed by atoms with Crippen LogP contribution >= 0.6 is 46.1 Å². The highest BCUT2D eigenvalue weighted by molar-refractivity contribution is 7.17. The standard InChI is InChI=1S/C9H8Cl3NO3S/c1-3-4(2)17-6(5(3)7(14)15)13-8(16)9(10,11)12/h1-2H3,(H,13,16)(H,14,15). The van der Waals surface area contributed by atoms with E-state index in [4.69, 9.17) is 39.9 Å². The molecule has 0 fully saturated rings. The SMILES string of the molecule is Cc1sc(NC(=O)C(Cl)(Cl)Cl)c(C(=O)O)c1C. The van der Waals surface area contributed by atoms with E-state index in [1.54, 1.807) is 13.8 Å². The predicted octanol–water partition coefficient (Wildman–Crippen LogP) is 3.37. The Morgan fingerprint density at radius 1 is 1.29 bits per heavy atom. The first-order valence-electron chi connectivity index (χ1n) is 4.36. The number of anilines is 1. The summed E-state index contributed by atoms with van der Waals surface area (Å²) >= 11 is 17.3. The van der Waals surface area contributed by atoms with Crippen LogP contribution in [0, 0.1) is 13.8 Å². The largest absolute Gasteiger partial charge is 0.478 e. The number of hydrogen-bond donors (Lipinski definition) is 2. The maximum atomic E-state index is 11.4. The topological polar surface area (TPSA) is 66.4 Å². The van der Waals surface area contributed by atoms with Crippen molar-refractivity contribution in [2.45, 2.75) is 17.6 Å². The molecule has 2 N–H and O–H groups in total. The summed E-state index contributed by atoms with van der Waals surface area (Å²) in [7, 11) is 0. The van der Waals surface area contributed by atoms with Crippen molar-refractivity contribution in [2.75, 3.05) is 5.32 Å². The van der Waals surface area contributed by atoms with E-state index in [-0.39, 0.29) is 10.6 Å². The number of nitrogens with one attached hydrogen (secondary N) is 1. The lowest BCUT2D eigenvalue weighted by Crippen LogP contribution is -2.27. The Morgan fingerprint density at radius 2 is 1.82 bits per heavy atom. The molecule has 4 nitrogen and oxygen atoms in total. The summed E-state index contributed by atoms with van der Waals surface area (Å²) in [5.74, 6) is -2.02. The summed E-state index contributed by atoms with van der Waals surface area (Å²) in [6.45, 7) is 3.40. The van der Waals surface area contributed by atoms with E-state index in [0.29, 0.717) is 5.56 Å². The summed E-state index contributed by atoms with van der Waals surface area (Å²) in [5.41, 5.74) is 0.609. The second-order valence-corrected chi connectivity index (χ2v) is 6.75. The molecule has 8 heteroatoms. The van der Waals surface area contributed by atoms with Crippen LogP contribution in [0.1, 0.15) is 20.8 Å². The van der Waals surface area contributed by atoms with Crippen molar-refractivity contribution in [3.05, 3.63) is 16.0 Å². The maximum Gasteiger partial charge on any atom is 0.338 e. The minimum atomic E-state index is -2.12. The molecular formula is C9H8Cl3NO3S. The van der Waals surface area contributed by atoms with Gasteiger partial charge in [-0.15, -0.1) is 11.3 Å². The van der Waals surface area contributed by atoms with Gasteiger partial charge in [-0.1, -0.05) is 34.8 Å². The number of amides is 1. The fourth-order valence-corrected chi connectivity index (χ4v) is 2.34. The van der Waals surface area contributed by atoms with Gasteiger partial charge in [0.25, 0.3) is 9.70 Å². The van der Waals surface area contributed by atoms with Crippen LogP contribution in [0.5, 0.6) is 0 Å². The zero-order chi connectivity index (χ0) is 13.4. The van der Waals surface area contributed by atoms with Gasteiger partial charge in [-0.3, -0.25) is 4.79 Å². The molecule has 94 valence electrons. The van der Waals surface area contributed by atoms with E-state index < -0.39 is 15.7 Å². The number of halogens is 3. The summed E-state index contributed by atoms with van der Waals surface area (Å²) in [6, 6.07) is 0. The van der Waals surface area contributed by atoms with E-state index in [1.165, 1.54) is 0 Å². The number of carboxylic acids is 1. The number of carbonyl (C=O) groups excluding carboxylic acids is 1.